The smallest absolute Gasteiger partial charge is 0.256 e. The summed E-state index contributed by atoms with van der Waals surface area (Å²) in [6.07, 6.45) is 5.55. The molecule has 0 radical (unpaired) electrons. The number of rotatable bonds is 5. The van der Waals surface area contributed by atoms with Crippen LogP contribution < -0.4 is 10.0 Å². The third-order valence-corrected chi connectivity index (χ3v) is 5.54. The van der Waals surface area contributed by atoms with Gasteiger partial charge in [-0.1, -0.05) is 12.1 Å². The molecule has 0 bridgehead atoms. The first-order valence-electron chi connectivity index (χ1n) is 9.32. The van der Waals surface area contributed by atoms with Crippen LogP contribution in [0, 0.1) is 6.92 Å². The normalized spacial score (nSPS) is 17.0. The number of carbonyl (C=O) groups excluding carboxylic acids is 2. The van der Waals surface area contributed by atoms with E-state index in [0.717, 1.165) is 11.8 Å². The number of nitrogens with zero attached hydrogens (tertiary/aromatic N) is 2. The van der Waals surface area contributed by atoms with Crippen molar-refractivity contribution in [2.24, 2.45) is 0 Å². The van der Waals surface area contributed by atoms with Crippen molar-refractivity contribution >= 4 is 27.5 Å². The first-order chi connectivity index (χ1) is 13.7. The lowest BCUT2D eigenvalue weighted by atomic mass is 10.0. The Hall–Kier alpha value is -2.78. The topological polar surface area (TPSA) is 108 Å². The van der Waals surface area contributed by atoms with Gasteiger partial charge in [0.25, 0.3) is 11.8 Å². The van der Waals surface area contributed by atoms with E-state index in [1.807, 2.05) is 13.0 Å². The highest BCUT2D eigenvalue weighted by atomic mass is 32.2. The van der Waals surface area contributed by atoms with Gasteiger partial charge in [-0.15, -0.1) is 0 Å². The number of nitrogens with one attached hydrogen (secondary N) is 2. The predicted molar refractivity (Wildman–Crippen MR) is 110 cm³/mol. The van der Waals surface area contributed by atoms with Gasteiger partial charge in [0.2, 0.25) is 10.0 Å². The molecule has 2 N–H and O–H groups in total. The number of aryl methyl sites for hydroxylation is 1. The van der Waals surface area contributed by atoms with Gasteiger partial charge in [0, 0.05) is 37.1 Å². The van der Waals surface area contributed by atoms with Crippen molar-refractivity contribution in [3.8, 4) is 0 Å². The number of carbonyl (C=O) groups is 2. The number of piperidine rings is 1. The van der Waals surface area contributed by atoms with E-state index in [0.29, 0.717) is 36.2 Å². The van der Waals surface area contributed by atoms with Crippen molar-refractivity contribution in [3.05, 3.63) is 59.4 Å². The molecule has 3 rings (SSSR count). The van der Waals surface area contributed by atoms with E-state index in [2.05, 4.69) is 15.0 Å². The molecule has 1 aromatic carbocycles. The zero-order valence-electron chi connectivity index (χ0n) is 16.4. The molecule has 0 saturated carbocycles. The summed E-state index contributed by atoms with van der Waals surface area (Å²) in [4.78, 5) is 31.3. The third kappa shape index (κ3) is 5.39. The number of amides is 2. The van der Waals surface area contributed by atoms with Crippen molar-refractivity contribution in [1.82, 2.24) is 14.6 Å². The number of hydrogen-bond acceptors (Lipinski definition) is 5. The standard InChI is InChI=1S/C20H24N4O4S/c1-14-5-3-7-17(18(14)22-19(25)15-8-10-21-11-9-15)20(26)24-12-4-6-16(13-24)23-29(2,27)28/h3,5,7-11,16,23H,4,6,12-13H2,1-2H3,(H,22,25). The van der Waals surface area contributed by atoms with Crippen molar-refractivity contribution in [1.29, 1.82) is 0 Å². The lowest BCUT2D eigenvalue weighted by Gasteiger charge is -2.33. The number of anilines is 1. The van der Waals surface area contributed by atoms with Crippen molar-refractivity contribution < 1.29 is 18.0 Å². The molecule has 8 nitrogen and oxygen atoms in total. The van der Waals surface area contributed by atoms with Gasteiger partial charge in [0.1, 0.15) is 0 Å². The molecule has 1 fully saturated rings. The van der Waals surface area contributed by atoms with Gasteiger partial charge in [-0.25, -0.2) is 13.1 Å². The van der Waals surface area contributed by atoms with E-state index in [1.165, 1.54) is 12.4 Å². The van der Waals surface area contributed by atoms with E-state index in [9.17, 15) is 18.0 Å². The van der Waals surface area contributed by atoms with Crippen molar-refractivity contribution in [2.75, 3.05) is 24.7 Å². The maximum atomic E-state index is 13.2. The fourth-order valence-corrected chi connectivity index (χ4v) is 4.23. The Morgan fingerprint density at radius 2 is 1.90 bits per heavy atom. The van der Waals surface area contributed by atoms with Gasteiger partial charge >= 0.3 is 0 Å². The fourth-order valence-electron chi connectivity index (χ4n) is 3.43. The molecule has 2 heterocycles. The van der Waals surface area contributed by atoms with Crippen LogP contribution in [0.25, 0.3) is 0 Å². The number of sulfonamides is 1. The number of aromatic nitrogens is 1. The largest absolute Gasteiger partial charge is 0.337 e. The number of likely N-dealkylation sites (tertiary alicyclic amines) is 1. The summed E-state index contributed by atoms with van der Waals surface area (Å²) in [5.41, 5.74) is 2.04. The van der Waals surface area contributed by atoms with E-state index < -0.39 is 10.0 Å². The molecular formula is C20H24N4O4S. The van der Waals surface area contributed by atoms with Crippen LogP contribution in [0.15, 0.2) is 42.7 Å². The van der Waals surface area contributed by atoms with Crippen LogP contribution in [0.3, 0.4) is 0 Å². The highest BCUT2D eigenvalue weighted by Crippen LogP contribution is 2.24. The second-order valence-electron chi connectivity index (χ2n) is 7.17. The maximum absolute atomic E-state index is 13.2. The summed E-state index contributed by atoms with van der Waals surface area (Å²) in [5, 5.41) is 2.84. The van der Waals surface area contributed by atoms with Crippen LogP contribution in [-0.4, -0.2) is 55.5 Å². The van der Waals surface area contributed by atoms with Gasteiger partial charge in [-0.2, -0.15) is 0 Å². The molecule has 1 aliphatic rings. The minimum atomic E-state index is -3.35. The summed E-state index contributed by atoms with van der Waals surface area (Å²) in [6, 6.07) is 8.14. The van der Waals surface area contributed by atoms with E-state index in [4.69, 9.17) is 0 Å². The number of hydrogen-bond donors (Lipinski definition) is 2. The molecule has 0 aliphatic carbocycles. The summed E-state index contributed by atoms with van der Waals surface area (Å²) >= 11 is 0. The Bertz CT molecular complexity index is 1010. The zero-order valence-corrected chi connectivity index (χ0v) is 17.2. The third-order valence-electron chi connectivity index (χ3n) is 4.77. The van der Waals surface area contributed by atoms with Gasteiger partial charge in [0.15, 0.2) is 0 Å². The highest BCUT2D eigenvalue weighted by Gasteiger charge is 2.28. The minimum Gasteiger partial charge on any atom is -0.337 e. The molecule has 1 aliphatic heterocycles. The van der Waals surface area contributed by atoms with Crippen LogP contribution in [0.2, 0.25) is 0 Å². The number of benzene rings is 1. The van der Waals surface area contributed by atoms with Crippen LogP contribution >= 0.6 is 0 Å². The lowest BCUT2D eigenvalue weighted by Crippen LogP contribution is -2.49. The Kier molecular flexibility index (Phi) is 6.29. The first kappa shape index (κ1) is 20.9. The molecule has 1 unspecified atom stereocenters. The Morgan fingerprint density at radius 3 is 2.59 bits per heavy atom. The van der Waals surface area contributed by atoms with Crippen molar-refractivity contribution in [3.63, 3.8) is 0 Å². The summed E-state index contributed by atoms with van der Waals surface area (Å²) in [7, 11) is -3.35. The van der Waals surface area contributed by atoms with E-state index >= 15 is 0 Å². The van der Waals surface area contributed by atoms with Gasteiger partial charge in [-0.05, 0) is 43.5 Å². The molecule has 29 heavy (non-hydrogen) atoms. The van der Waals surface area contributed by atoms with E-state index in [1.54, 1.807) is 29.2 Å². The van der Waals surface area contributed by atoms with Crippen LogP contribution in [0.5, 0.6) is 0 Å². The monoisotopic (exact) mass is 416 g/mol. The Labute approximate surface area is 170 Å². The maximum Gasteiger partial charge on any atom is 0.256 e. The molecule has 2 amide bonds. The molecule has 9 heteroatoms. The Balaban J connectivity index is 1.82. The van der Waals surface area contributed by atoms with Gasteiger partial charge in [0.05, 0.1) is 17.5 Å². The molecular weight excluding hydrogens is 392 g/mol. The van der Waals surface area contributed by atoms with Crippen molar-refractivity contribution in [2.45, 2.75) is 25.8 Å². The molecule has 1 aromatic heterocycles. The molecule has 1 saturated heterocycles. The molecule has 1 atom stereocenters. The average Bonchev–Trinajstić information content (AvgIpc) is 2.68. The zero-order chi connectivity index (χ0) is 21.0. The van der Waals surface area contributed by atoms with Crippen LogP contribution in [0.1, 0.15) is 39.1 Å². The second kappa shape index (κ2) is 8.71. The number of pyridine rings is 1. The van der Waals surface area contributed by atoms with Gasteiger partial charge in [-0.3, -0.25) is 14.6 Å². The minimum absolute atomic E-state index is 0.237. The van der Waals surface area contributed by atoms with Crippen LogP contribution in [-0.2, 0) is 10.0 Å². The molecule has 2 aromatic rings. The van der Waals surface area contributed by atoms with Crippen LogP contribution in [0.4, 0.5) is 5.69 Å². The lowest BCUT2D eigenvalue weighted by molar-refractivity contribution is 0.0704. The predicted octanol–water partition coefficient (Wildman–Crippen LogP) is 1.80. The average molecular weight is 417 g/mol. The first-order valence-corrected chi connectivity index (χ1v) is 11.2. The van der Waals surface area contributed by atoms with E-state index in [-0.39, 0.29) is 24.4 Å². The Morgan fingerprint density at radius 1 is 1.17 bits per heavy atom. The number of para-hydroxylation sites is 1. The second-order valence-corrected chi connectivity index (χ2v) is 8.95. The quantitative estimate of drug-likeness (QED) is 0.773. The molecule has 0 spiro atoms. The summed E-state index contributed by atoms with van der Waals surface area (Å²) in [6.45, 7) is 2.65. The summed E-state index contributed by atoms with van der Waals surface area (Å²) in [5.74, 6) is -0.565. The fraction of sp³-hybridized carbons (Fsp3) is 0.350. The highest BCUT2D eigenvalue weighted by molar-refractivity contribution is 7.88. The van der Waals surface area contributed by atoms with Gasteiger partial charge < -0.3 is 10.2 Å². The molecule has 154 valence electrons. The SMILES string of the molecule is Cc1cccc(C(=O)N2CCCC(NS(C)(=O)=O)C2)c1NC(=O)c1ccncc1. The summed E-state index contributed by atoms with van der Waals surface area (Å²) < 4.78 is 25.6.